The predicted octanol–water partition coefficient (Wildman–Crippen LogP) is 2.84. The second-order valence-corrected chi connectivity index (χ2v) is 7.17. The maximum Gasteiger partial charge on any atom is 0.248 e. The molecule has 0 spiro atoms. The Morgan fingerprint density at radius 1 is 1.38 bits per heavy atom. The number of carbonyl (C=O) groups excluding carboxylic acids is 1. The number of nitrogens with one attached hydrogen (secondary N) is 1. The zero-order chi connectivity index (χ0) is 16.9. The van der Waals surface area contributed by atoms with Crippen molar-refractivity contribution in [2.75, 3.05) is 18.4 Å². The van der Waals surface area contributed by atoms with Gasteiger partial charge in [0.15, 0.2) is 5.13 Å². The fraction of sp³-hybridized carbons (Fsp3) is 0.444. The van der Waals surface area contributed by atoms with Crippen LogP contribution in [0.5, 0.6) is 0 Å². The van der Waals surface area contributed by atoms with Crippen LogP contribution in [-0.4, -0.2) is 40.1 Å². The summed E-state index contributed by atoms with van der Waals surface area (Å²) in [6.07, 6.45) is 3.88. The lowest BCUT2D eigenvalue weighted by Crippen LogP contribution is -2.43. The first-order chi connectivity index (χ1) is 11.7. The first kappa shape index (κ1) is 17.1. The number of rotatable bonds is 5. The molecule has 1 atom stereocenters. The second kappa shape index (κ2) is 7.88. The lowest BCUT2D eigenvalue weighted by atomic mass is 10.00. The van der Waals surface area contributed by atoms with Gasteiger partial charge in [0.05, 0.1) is 6.10 Å². The van der Waals surface area contributed by atoms with E-state index in [4.69, 9.17) is 0 Å². The van der Waals surface area contributed by atoms with Gasteiger partial charge in [0, 0.05) is 24.2 Å². The summed E-state index contributed by atoms with van der Waals surface area (Å²) < 4.78 is 0. The third kappa shape index (κ3) is 4.01. The highest BCUT2D eigenvalue weighted by atomic mass is 32.1. The number of aliphatic hydroxyl groups is 1. The number of piperidine rings is 1. The zero-order valence-electron chi connectivity index (χ0n) is 13.8. The molecule has 1 aromatic heterocycles. The van der Waals surface area contributed by atoms with Gasteiger partial charge < -0.3 is 10.4 Å². The van der Waals surface area contributed by atoms with Crippen LogP contribution in [-0.2, 0) is 11.2 Å². The van der Waals surface area contributed by atoms with Crippen molar-refractivity contribution in [3.63, 3.8) is 0 Å². The molecule has 1 aliphatic heterocycles. The molecule has 3 rings (SSSR count). The van der Waals surface area contributed by atoms with Crippen molar-refractivity contribution in [1.82, 2.24) is 9.88 Å². The highest BCUT2D eigenvalue weighted by molar-refractivity contribution is 7.15. The summed E-state index contributed by atoms with van der Waals surface area (Å²) in [5, 5.41) is 13.4. The van der Waals surface area contributed by atoms with E-state index < -0.39 is 0 Å². The van der Waals surface area contributed by atoms with Crippen molar-refractivity contribution < 1.29 is 9.90 Å². The van der Waals surface area contributed by atoms with Gasteiger partial charge in [-0.05, 0) is 24.8 Å². The molecule has 2 N–H and O–H groups in total. The molecule has 1 aromatic carbocycles. The third-order valence-electron chi connectivity index (χ3n) is 4.36. The Labute approximate surface area is 146 Å². The van der Waals surface area contributed by atoms with E-state index in [0.717, 1.165) is 16.9 Å². The number of amides is 1. The van der Waals surface area contributed by atoms with E-state index in [2.05, 4.69) is 22.1 Å². The summed E-state index contributed by atoms with van der Waals surface area (Å²) in [5.74, 6) is -0.0606. The largest absolute Gasteiger partial charge is 0.393 e. The molecule has 0 aliphatic carbocycles. The molecule has 1 amide bonds. The van der Waals surface area contributed by atoms with Crippen LogP contribution in [0.15, 0.2) is 36.5 Å². The molecule has 1 fully saturated rings. The Bertz CT molecular complexity index is 666. The number of hydrogen-bond acceptors (Lipinski definition) is 5. The third-order valence-corrected chi connectivity index (χ3v) is 5.42. The van der Waals surface area contributed by atoms with Crippen molar-refractivity contribution >= 4 is 22.4 Å². The molecular weight excluding hydrogens is 322 g/mol. The Kier molecular flexibility index (Phi) is 5.60. The molecule has 2 heterocycles. The fourth-order valence-corrected chi connectivity index (χ4v) is 3.77. The van der Waals surface area contributed by atoms with Gasteiger partial charge in [-0.2, -0.15) is 0 Å². The van der Waals surface area contributed by atoms with Crippen LogP contribution in [0.4, 0.5) is 5.13 Å². The summed E-state index contributed by atoms with van der Waals surface area (Å²) in [5.41, 5.74) is 0.971. The number of likely N-dealkylation sites (tertiary alicyclic amines) is 1. The lowest BCUT2D eigenvalue weighted by molar-refractivity contribution is -0.122. The van der Waals surface area contributed by atoms with Crippen LogP contribution < -0.4 is 5.32 Å². The lowest BCUT2D eigenvalue weighted by Gasteiger charge is -2.35. The van der Waals surface area contributed by atoms with Crippen LogP contribution >= 0.6 is 11.3 Å². The molecule has 0 saturated carbocycles. The van der Waals surface area contributed by atoms with Gasteiger partial charge in [-0.25, -0.2) is 4.98 Å². The Morgan fingerprint density at radius 3 is 2.71 bits per heavy atom. The van der Waals surface area contributed by atoms with Gasteiger partial charge >= 0.3 is 0 Å². The number of aromatic nitrogens is 1. The van der Waals surface area contributed by atoms with Crippen LogP contribution in [0.25, 0.3) is 0 Å². The summed E-state index contributed by atoms with van der Waals surface area (Å²) in [4.78, 5) is 20.5. The van der Waals surface area contributed by atoms with Crippen LogP contribution in [0.3, 0.4) is 0 Å². The van der Waals surface area contributed by atoms with Gasteiger partial charge in [-0.15, -0.1) is 11.3 Å². The van der Waals surface area contributed by atoms with Gasteiger partial charge in [-0.3, -0.25) is 9.69 Å². The van der Waals surface area contributed by atoms with Crippen molar-refractivity contribution in [1.29, 1.82) is 0 Å². The Morgan fingerprint density at radius 2 is 2.08 bits per heavy atom. The van der Waals surface area contributed by atoms with Crippen molar-refractivity contribution in [3.05, 3.63) is 47.0 Å². The quantitative estimate of drug-likeness (QED) is 0.874. The molecule has 0 unspecified atom stereocenters. The number of carbonyl (C=O) groups is 1. The van der Waals surface area contributed by atoms with E-state index in [0.29, 0.717) is 31.1 Å². The molecule has 24 heavy (non-hydrogen) atoms. The van der Waals surface area contributed by atoms with Crippen LogP contribution in [0.1, 0.15) is 36.2 Å². The maximum absolute atomic E-state index is 12.9. The molecule has 1 aliphatic rings. The molecule has 6 heteroatoms. The van der Waals surface area contributed by atoms with Gasteiger partial charge in [-0.1, -0.05) is 37.3 Å². The molecule has 128 valence electrons. The summed E-state index contributed by atoms with van der Waals surface area (Å²) in [6, 6.07) is 9.46. The standard InChI is InChI=1S/C18H23N3O2S/c1-2-15-12-19-18(24-15)20-17(23)16(13-6-4-3-5-7-13)21-10-8-14(22)9-11-21/h3-7,12,14,16,22H,2,8-11H2,1H3,(H,19,20,23)/t16-/m1/s1. The van der Waals surface area contributed by atoms with E-state index in [-0.39, 0.29) is 18.1 Å². The van der Waals surface area contributed by atoms with Gasteiger partial charge in [0.1, 0.15) is 6.04 Å². The number of benzene rings is 1. The van der Waals surface area contributed by atoms with E-state index >= 15 is 0 Å². The minimum absolute atomic E-state index is 0.0606. The fourth-order valence-electron chi connectivity index (χ4n) is 3.01. The highest BCUT2D eigenvalue weighted by Gasteiger charge is 2.31. The van der Waals surface area contributed by atoms with Crippen LogP contribution in [0.2, 0.25) is 0 Å². The van der Waals surface area contributed by atoms with E-state index in [9.17, 15) is 9.90 Å². The number of aryl methyl sites for hydroxylation is 1. The Balaban J connectivity index is 1.79. The number of anilines is 1. The predicted molar refractivity (Wildman–Crippen MR) is 96.1 cm³/mol. The number of thiazole rings is 1. The topological polar surface area (TPSA) is 65.5 Å². The van der Waals surface area contributed by atoms with Crippen LogP contribution in [0, 0.1) is 0 Å². The average molecular weight is 345 g/mol. The normalized spacial score (nSPS) is 17.6. The SMILES string of the molecule is CCc1cnc(NC(=O)[C@@H](c2ccccc2)N2CCC(O)CC2)s1. The molecule has 0 bridgehead atoms. The van der Waals surface area contributed by atoms with Crippen molar-refractivity contribution in [3.8, 4) is 0 Å². The first-order valence-corrected chi connectivity index (χ1v) is 9.21. The monoisotopic (exact) mass is 345 g/mol. The van der Waals surface area contributed by atoms with E-state index in [1.54, 1.807) is 0 Å². The highest BCUT2D eigenvalue weighted by Crippen LogP contribution is 2.27. The summed E-state index contributed by atoms with van der Waals surface area (Å²) >= 11 is 1.52. The van der Waals surface area contributed by atoms with Crippen molar-refractivity contribution in [2.24, 2.45) is 0 Å². The second-order valence-electron chi connectivity index (χ2n) is 6.05. The smallest absolute Gasteiger partial charge is 0.248 e. The maximum atomic E-state index is 12.9. The average Bonchev–Trinajstić information content (AvgIpc) is 3.05. The molecule has 5 nitrogen and oxygen atoms in total. The summed E-state index contributed by atoms with van der Waals surface area (Å²) in [6.45, 7) is 3.50. The van der Waals surface area contributed by atoms with E-state index in [1.165, 1.54) is 11.3 Å². The molecule has 1 saturated heterocycles. The number of hydrogen-bond donors (Lipinski definition) is 2. The summed E-state index contributed by atoms with van der Waals surface area (Å²) in [7, 11) is 0. The number of nitrogens with zero attached hydrogens (tertiary/aromatic N) is 2. The minimum atomic E-state index is -0.354. The molecule has 0 radical (unpaired) electrons. The first-order valence-electron chi connectivity index (χ1n) is 8.40. The Hall–Kier alpha value is -1.76. The zero-order valence-corrected chi connectivity index (χ0v) is 14.6. The van der Waals surface area contributed by atoms with Gasteiger partial charge in [0.25, 0.3) is 0 Å². The molecule has 2 aromatic rings. The molecular formula is C18H23N3O2S. The number of aliphatic hydroxyl groups excluding tert-OH is 1. The van der Waals surface area contributed by atoms with Crippen molar-refractivity contribution in [2.45, 2.75) is 38.3 Å². The van der Waals surface area contributed by atoms with E-state index in [1.807, 2.05) is 36.5 Å². The van der Waals surface area contributed by atoms with Gasteiger partial charge in [0.2, 0.25) is 5.91 Å². The minimum Gasteiger partial charge on any atom is -0.393 e.